The number of alkyl halides is 3. The molecule has 0 aliphatic heterocycles. The average molecular weight is 538 g/mol. The summed E-state index contributed by atoms with van der Waals surface area (Å²) < 4.78 is 45.9. The predicted molar refractivity (Wildman–Crippen MR) is 137 cm³/mol. The van der Waals surface area contributed by atoms with Crippen molar-refractivity contribution in [2.45, 2.75) is 31.7 Å². The topological polar surface area (TPSA) is 137 Å². The van der Waals surface area contributed by atoms with E-state index in [1.165, 1.54) is 29.2 Å². The molecule has 13 heteroatoms. The maximum atomic E-state index is 13.3. The van der Waals surface area contributed by atoms with Crippen molar-refractivity contribution in [2.75, 3.05) is 11.1 Å². The fourth-order valence-corrected chi connectivity index (χ4v) is 4.29. The van der Waals surface area contributed by atoms with Crippen LogP contribution in [0, 0.1) is 0 Å². The SMILES string of the molecule is C=CC(=O)Nc1ccc(-c2nn3ncnc(N)c3c2-c2ccc(C(=O)NC3CC(F)C3)c(OC(F)F)c2)cc1. The van der Waals surface area contributed by atoms with E-state index in [2.05, 4.69) is 32.4 Å². The smallest absolute Gasteiger partial charge is 0.387 e. The van der Waals surface area contributed by atoms with Crippen LogP contribution in [0.2, 0.25) is 0 Å². The van der Waals surface area contributed by atoms with E-state index in [0.717, 1.165) is 6.08 Å². The van der Waals surface area contributed by atoms with E-state index in [0.29, 0.717) is 33.6 Å². The number of hydrogen-bond acceptors (Lipinski definition) is 7. The summed E-state index contributed by atoms with van der Waals surface area (Å²) in [4.78, 5) is 28.4. The highest BCUT2D eigenvalue weighted by Gasteiger charge is 2.31. The molecule has 1 fully saturated rings. The van der Waals surface area contributed by atoms with Crippen molar-refractivity contribution < 1.29 is 27.5 Å². The first-order chi connectivity index (χ1) is 18.7. The molecule has 0 radical (unpaired) electrons. The molecule has 2 aromatic heterocycles. The Morgan fingerprint density at radius 1 is 1.15 bits per heavy atom. The monoisotopic (exact) mass is 537 g/mol. The summed E-state index contributed by atoms with van der Waals surface area (Å²) in [6.45, 7) is 0.211. The molecular weight excluding hydrogens is 515 g/mol. The zero-order valence-corrected chi connectivity index (χ0v) is 20.3. The van der Waals surface area contributed by atoms with Crippen LogP contribution in [0.4, 0.5) is 24.7 Å². The van der Waals surface area contributed by atoms with Gasteiger partial charge < -0.3 is 21.1 Å². The van der Waals surface area contributed by atoms with Gasteiger partial charge in [0.2, 0.25) is 5.91 Å². The molecule has 10 nitrogen and oxygen atoms in total. The van der Waals surface area contributed by atoms with Crippen LogP contribution in [-0.4, -0.2) is 50.5 Å². The van der Waals surface area contributed by atoms with Crippen molar-refractivity contribution in [3.63, 3.8) is 0 Å². The van der Waals surface area contributed by atoms with Gasteiger partial charge in [0.1, 0.15) is 29.5 Å². The summed E-state index contributed by atoms with van der Waals surface area (Å²) in [5, 5.41) is 13.9. The molecule has 2 heterocycles. The highest BCUT2D eigenvalue weighted by Crippen LogP contribution is 2.39. The maximum absolute atomic E-state index is 13.3. The Morgan fingerprint density at radius 2 is 1.87 bits per heavy atom. The van der Waals surface area contributed by atoms with Gasteiger partial charge in [-0.25, -0.2) is 9.37 Å². The molecule has 2 aromatic carbocycles. The van der Waals surface area contributed by atoms with Crippen molar-refractivity contribution in [3.8, 4) is 28.1 Å². The molecule has 1 saturated carbocycles. The second kappa shape index (κ2) is 10.4. The molecule has 0 atom stereocenters. The van der Waals surface area contributed by atoms with Crippen molar-refractivity contribution in [2.24, 2.45) is 0 Å². The number of hydrogen-bond donors (Lipinski definition) is 3. The normalized spacial score (nSPS) is 16.5. The van der Waals surface area contributed by atoms with Crippen LogP contribution in [0.5, 0.6) is 5.75 Å². The number of aromatic nitrogens is 4. The maximum Gasteiger partial charge on any atom is 0.387 e. The summed E-state index contributed by atoms with van der Waals surface area (Å²) in [6, 6.07) is 10.5. The Balaban J connectivity index is 1.60. The van der Waals surface area contributed by atoms with Crippen LogP contribution in [0.1, 0.15) is 23.2 Å². The minimum absolute atomic E-state index is 0.0810. The standard InChI is InChI=1S/C26H22F3N7O3/c1-2-20(37)33-16-6-3-13(4-7-16)22-21(23-24(30)31-12-32-36(23)35-22)14-5-8-18(19(9-14)39-26(28)29)25(38)34-17-10-15(27)11-17/h2-9,12,15,17,26H,1,10-11H2,(H,33,37)(H,34,38)(H2,30,31,32). The summed E-state index contributed by atoms with van der Waals surface area (Å²) in [5.41, 5.74) is 8.57. The first-order valence-electron chi connectivity index (χ1n) is 11.8. The van der Waals surface area contributed by atoms with Gasteiger partial charge in [0.05, 0.1) is 5.56 Å². The Labute approximate surface area is 219 Å². The van der Waals surface area contributed by atoms with Gasteiger partial charge >= 0.3 is 6.61 Å². The van der Waals surface area contributed by atoms with Crippen LogP contribution >= 0.6 is 0 Å². The highest BCUT2D eigenvalue weighted by molar-refractivity contribution is 6.01. The Morgan fingerprint density at radius 3 is 2.54 bits per heavy atom. The van der Waals surface area contributed by atoms with Gasteiger partial charge in [-0.1, -0.05) is 24.8 Å². The predicted octanol–water partition coefficient (Wildman–Crippen LogP) is 4.00. The van der Waals surface area contributed by atoms with Crippen molar-refractivity contribution in [1.82, 2.24) is 25.1 Å². The zero-order valence-electron chi connectivity index (χ0n) is 20.3. The first kappa shape index (κ1) is 25.7. The molecule has 0 bridgehead atoms. The van der Waals surface area contributed by atoms with Gasteiger partial charge in [-0.3, -0.25) is 9.59 Å². The number of nitrogens with one attached hydrogen (secondary N) is 2. The molecule has 0 saturated heterocycles. The lowest BCUT2D eigenvalue weighted by Gasteiger charge is -2.30. The Hall–Kier alpha value is -4.94. The molecule has 1 aliphatic carbocycles. The molecule has 2 amide bonds. The number of nitrogen functional groups attached to an aromatic ring is 1. The van der Waals surface area contributed by atoms with E-state index in [-0.39, 0.29) is 41.9 Å². The Kier molecular flexibility index (Phi) is 6.88. The third kappa shape index (κ3) is 5.23. The van der Waals surface area contributed by atoms with E-state index in [9.17, 15) is 22.8 Å². The zero-order chi connectivity index (χ0) is 27.7. The van der Waals surface area contributed by atoms with Crippen molar-refractivity contribution in [1.29, 1.82) is 0 Å². The van der Waals surface area contributed by atoms with Crippen LogP contribution in [-0.2, 0) is 4.79 Å². The number of carbonyl (C=O) groups is 2. The molecule has 4 aromatic rings. The molecule has 0 unspecified atom stereocenters. The minimum Gasteiger partial charge on any atom is -0.434 e. The number of fused-ring (bicyclic) bond motifs is 1. The third-order valence-corrected chi connectivity index (χ3v) is 6.23. The third-order valence-electron chi connectivity index (χ3n) is 6.23. The summed E-state index contributed by atoms with van der Waals surface area (Å²) in [5.74, 6) is -1.33. The number of amides is 2. The average Bonchev–Trinajstić information content (AvgIpc) is 3.28. The quantitative estimate of drug-likeness (QED) is 0.289. The van der Waals surface area contributed by atoms with E-state index in [1.807, 2.05) is 0 Å². The number of benzene rings is 2. The van der Waals surface area contributed by atoms with Crippen LogP contribution in [0.15, 0.2) is 61.4 Å². The van der Waals surface area contributed by atoms with Crippen molar-refractivity contribution in [3.05, 3.63) is 67.0 Å². The van der Waals surface area contributed by atoms with Crippen LogP contribution < -0.4 is 21.1 Å². The number of nitrogens with two attached hydrogens (primary N) is 1. The molecule has 4 N–H and O–H groups in total. The number of nitrogens with zero attached hydrogens (tertiary/aromatic N) is 4. The lowest BCUT2D eigenvalue weighted by atomic mass is 9.90. The second-order valence-electron chi connectivity index (χ2n) is 8.81. The fraction of sp³-hybridized carbons (Fsp3) is 0.192. The first-order valence-corrected chi connectivity index (χ1v) is 11.8. The fourth-order valence-electron chi connectivity index (χ4n) is 4.29. The van der Waals surface area contributed by atoms with E-state index in [1.54, 1.807) is 24.3 Å². The highest BCUT2D eigenvalue weighted by atomic mass is 19.3. The van der Waals surface area contributed by atoms with Crippen LogP contribution in [0.25, 0.3) is 27.9 Å². The van der Waals surface area contributed by atoms with Gasteiger partial charge in [-0.15, -0.1) is 14.8 Å². The van der Waals surface area contributed by atoms with Gasteiger partial charge in [-0.2, -0.15) is 8.78 Å². The number of carbonyl (C=O) groups excluding carboxylic acids is 2. The molecular formula is C26H22F3N7O3. The number of ether oxygens (including phenoxy) is 1. The Bertz CT molecular complexity index is 1570. The second-order valence-corrected chi connectivity index (χ2v) is 8.81. The van der Waals surface area contributed by atoms with Gasteiger partial charge in [0, 0.05) is 22.9 Å². The number of rotatable bonds is 8. The van der Waals surface area contributed by atoms with Crippen LogP contribution in [0.3, 0.4) is 0 Å². The minimum atomic E-state index is -3.21. The summed E-state index contributed by atoms with van der Waals surface area (Å²) >= 11 is 0. The van der Waals surface area contributed by atoms with E-state index < -0.39 is 18.7 Å². The van der Waals surface area contributed by atoms with Crippen molar-refractivity contribution >= 4 is 28.8 Å². The van der Waals surface area contributed by atoms with Gasteiger partial charge in [0.25, 0.3) is 5.91 Å². The van der Waals surface area contributed by atoms with E-state index >= 15 is 0 Å². The lowest BCUT2D eigenvalue weighted by Crippen LogP contribution is -2.45. The largest absolute Gasteiger partial charge is 0.434 e. The number of halogens is 3. The van der Waals surface area contributed by atoms with Gasteiger partial charge in [0.15, 0.2) is 5.82 Å². The van der Waals surface area contributed by atoms with E-state index in [4.69, 9.17) is 10.5 Å². The molecule has 39 heavy (non-hydrogen) atoms. The summed E-state index contributed by atoms with van der Waals surface area (Å²) in [6.07, 6.45) is 1.69. The summed E-state index contributed by atoms with van der Waals surface area (Å²) in [7, 11) is 0. The molecule has 1 aliphatic rings. The number of anilines is 2. The molecule has 200 valence electrons. The van der Waals surface area contributed by atoms with Gasteiger partial charge in [-0.05, 0) is 48.7 Å². The molecule has 0 spiro atoms. The molecule has 5 rings (SSSR count). The lowest BCUT2D eigenvalue weighted by molar-refractivity contribution is -0.111.